The van der Waals surface area contributed by atoms with E-state index in [1.54, 1.807) is 12.1 Å². The van der Waals surface area contributed by atoms with E-state index in [-0.39, 0.29) is 22.8 Å². The van der Waals surface area contributed by atoms with E-state index in [4.69, 9.17) is 4.74 Å². The molecule has 0 saturated carbocycles. The highest BCUT2D eigenvalue weighted by Gasteiger charge is 2.23. The SMILES string of the molecule is CCCN(CCC)S(=O)(=O)c1ccc(NC(=O)COc2ccc(C(C)(C)C)cc2Br)cc1. The number of halogens is 1. The zero-order valence-corrected chi connectivity index (χ0v) is 21.8. The molecule has 6 nitrogen and oxygen atoms in total. The molecular formula is C24H33BrN2O4S. The van der Waals surface area contributed by atoms with Gasteiger partial charge in [0.15, 0.2) is 6.61 Å². The van der Waals surface area contributed by atoms with E-state index in [0.29, 0.717) is 24.5 Å². The Labute approximate surface area is 200 Å². The number of hydrogen-bond donors (Lipinski definition) is 1. The fourth-order valence-electron chi connectivity index (χ4n) is 3.14. The monoisotopic (exact) mass is 524 g/mol. The third kappa shape index (κ3) is 7.05. The van der Waals surface area contributed by atoms with Gasteiger partial charge in [-0.3, -0.25) is 4.79 Å². The number of nitrogens with zero attached hydrogens (tertiary/aromatic N) is 1. The van der Waals surface area contributed by atoms with Crippen molar-refractivity contribution in [1.82, 2.24) is 4.31 Å². The van der Waals surface area contributed by atoms with E-state index in [1.165, 1.54) is 16.4 Å². The number of rotatable bonds is 10. The number of amides is 1. The second kappa shape index (κ2) is 11.3. The summed E-state index contributed by atoms with van der Waals surface area (Å²) < 4.78 is 33.6. The van der Waals surface area contributed by atoms with Crippen LogP contribution in [0.15, 0.2) is 51.8 Å². The molecule has 0 aliphatic rings. The van der Waals surface area contributed by atoms with Crippen molar-refractivity contribution < 1.29 is 17.9 Å². The van der Waals surface area contributed by atoms with Crippen LogP contribution in [0.2, 0.25) is 0 Å². The molecule has 0 aliphatic carbocycles. The van der Waals surface area contributed by atoms with Crippen LogP contribution in [0.1, 0.15) is 53.0 Å². The van der Waals surface area contributed by atoms with E-state index in [0.717, 1.165) is 22.9 Å². The summed E-state index contributed by atoms with van der Waals surface area (Å²) in [4.78, 5) is 12.5. The highest BCUT2D eigenvalue weighted by molar-refractivity contribution is 9.10. The Morgan fingerprint density at radius 3 is 2.12 bits per heavy atom. The number of nitrogens with one attached hydrogen (secondary N) is 1. The number of anilines is 1. The van der Waals surface area contributed by atoms with E-state index < -0.39 is 10.0 Å². The van der Waals surface area contributed by atoms with Gasteiger partial charge in [0.25, 0.3) is 5.91 Å². The molecule has 0 heterocycles. The summed E-state index contributed by atoms with van der Waals surface area (Å²) in [5.74, 6) is 0.257. The largest absolute Gasteiger partial charge is 0.483 e. The zero-order valence-electron chi connectivity index (χ0n) is 19.4. The van der Waals surface area contributed by atoms with Crippen molar-refractivity contribution in [2.45, 2.75) is 57.8 Å². The molecule has 0 saturated heterocycles. The highest BCUT2D eigenvalue weighted by Crippen LogP contribution is 2.31. The van der Waals surface area contributed by atoms with Crippen molar-refractivity contribution in [2.24, 2.45) is 0 Å². The van der Waals surface area contributed by atoms with Crippen LogP contribution < -0.4 is 10.1 Å². The average Bonchev–Trinajstić information content (AvgIpc) is 2.72. The Hall–Kier alpha value is -1.90. The molecule has 0 spiro atoms. The molecular weight excluding hydrogens is 492 g/mol. The van der Waals surface area contributed by atoms with Crippen LogP contribution in [0.4, 0.5) is 5.69 Å². The lowest BCUT2D eigenvalue weighted by Gasteiger charge is -2.21. The molecule has 0 fully saturated rings. The number of sulfonamides is 1. The minimum atomic E-state index is -3.55. The van der Waals surface area contributed by atoms with Crippen LogP contribution in [0.3, 0.4) is 0 Å². The molecule has 2 aromatic carbocycles. The minimum Gasteiger partial charge on any atom is -0.483 e. The van der Waals surface area contributed by atoms with Crippen molar-refractivity contribution in [3.63, 3.8) is 0 Å². The lowest BCUT2D eigenvalue weighted by molar-refractivity contribution is -0.118. The van der Waals surface area contributed by atoms with Crippen molar-refractivity contribution in [1.29, 1.82) is 0 Å². The number of hydrogen-bond acceptors (Lipinski definition) is 4. The van der Waals surface area contributed by atoms with Crippen molar-refractivity contribution in [3.05, 3.63) is 52.5 Å². The van der Waals surface area contributed by atoms with Crippen LogP contribution in [0, 0.1) is 0 Å². The van der Waals surface area contributed by atoms with Crippen LogP contribution in [-0.4, -0.2) is 38.3 Å². The second-order valence-corrected chi connectivity index (χ2v) is 11.5. The number of ether oxygens (including phenoxy) is 1. The van der Waals surface area contributed by atoms with Gasteiger partial charge < -0.3 is 10.1 Å². The predicted molar refractivity (Wildman–Crippen MR) is 133 cm³/mol. The highest BCUT2D eigenvalue weighted by atomic mass is 79.9. The molecule has 8 heteroatoms. The molecule has 2 aromatic rings. The van der Waals surface area contributed by atoms with Gasteiger partial charge in [0.05, 0.1) is 9.37 Å². The minimum absolute atomic E-state index is 0.0160. The van der Waals surface area contributed by atoms with Gasteiger partial charge in [0.2, 0.25) is 10.0 Å². The lowest BCUT2D eigenvalue weighted by Crippen LogP contribution is -2.32. The molecule has 2 rings (SSSR count). The third-order valence-electron chi connectivity index (χ3n) is 4.88. The first kappa shape index (κ1) is 26.4. The van der Waals surface area contributed by atoms with E-state index in [9.17, 15) is 13.2 Å². The van der Waals surface area contributed by atoms with Gasteiger partial charge >= 0.3 is 0 Å². The Morgan fingerprint density at radius 2 is 1.62 bits per heavy atom. The van der Waals surface area contributed by atoms with Crippen molar-refractivity contribution in [3.8, 4) is 5.75 Å². The third-order valence-corrected chi connectivity index (χ3v) is 7.41. The molecule has 176 valence electrons. The van der Waals surface area contributed by atoms with Gasteiger partial charge in [0, 0.05) is 18.8 Å². The molecule has 0 aliphatic heterocycles. The van der Waals surface area contributed by atoms with Gasteiger partial charge in [-0.25, -0.2) is 8.42 Å². The Balaban J connectivity index is 2.00. The van der Waals surface area contributed by atoms with Gasteiger partial charge in [-0.2, -0.15) is 4.31 Å². The van der Waals surface area contributed by atoms with Crippen LogP contribution in [0.25, 0.3) is 0 Å². The first-order valence-electron chi connectivity index (χ1n) is 10.8. The number of benzene rings is 2. The fraction of sp³-hybridized carbons (Fsp3) is 0.458. The predicted octanol–water partition coefficient (Wildman–Crippen LogP) is 5.57. The van der Waals surface area contributed by atoms with Gasteiger partial charge in [-0.1, -0.05) is 40.7 Å². The van der Waals surface area contributed by atoms with Crippen molar-refractivity contribution >= 4 is 37.5 Å². The number of carbonyl (C=O) groups is 1. The summed E-state index contributed by atoms with van der Waals surface area (Å²) in [5, 5.41) is 2.74. The second-order valence-electron chi connectivity index (χ2n) is 8.66. The molecule has 0 atom stereocenters. The van der Waals surface area contributed by atoms with Crippen molar-refractivity contribution in [2.75, 3.05) is 25.0 Å². The standard InChI is InChI=1S/C24H33BrN2O4S/c1-6-14-27(15-7-2)32(29,30)20-11-9-19(10-12-20)26-23(28)17-31-22-13-8-18(16-21(22)25)24(3,4)5/h8-13,16H,6-7,14-15,17H2,1-5H3,(H,26,28). The fourth-order valence-corrected chi connectivity index (χ4v) is 5.25. The smallest absolute Gasteiger partial charge is 0.262 e. The normalized spacial score (nSPS) is 12.1. The molecule has 1 amide bonds. The molecule has 0 aromatic heterocycles. The Morgan fingerprint density at radius 1 is 1.03 bits per heavy atom. The van der Waals surface area contributed by atoms with E-state index >= 15 is 0 Å². The lowest BCUT2D eigenvalue weighted by atomic mass is 9.87. The first-order valence-corrected chi connectivity index (χ1v) is 13.0. The van der Waals surface area contributed by atoms with Gasteiger partial charge in [0.1, 0.15) is 5.75 Å². The summed E-state index contributed by atoms with van der Waals surface area (Å²) in [6.45, 7) is 11.1. The van der Waals surface area contributed by atoms with Gasteiger partial charge in [-0.15, -0.1) is 0 Å². The Bertz CT molecular complexity index is 1010. The summed E-state index contributed by atoms with van der Waals surface area (Å²) in [6, 6.07) is 12.0. The van der Waals surface area contributed by atoms with Gasteiger partial charge in [-0.05, 0) is 76.1 Å². The summed E-state index contributed by atoms with van der Waals surface area (Å²) in [5.41, 5.74) is 1.69. The zero-order chi connectivity index (χ0) is 23.9. The molecule has 1 N–H and O–H groups in total. The van der Waals surface area contributed by atoms with Crippen LogP contribution in [0.5, 0.6) is 5.75 Å². The maximum atomic E-state index is 12.8. The maximum absolute atomic E-state index is 12.8. The summed E-state index contributed by atoms with van der Waals surface area (Å²) in [7, 11) is -3.55. The first-order chi connectivity index (χ1) is 15.0. The molecule has 32 heavy (non-hydrogen) atoms. The molecule has 0 unspecified atom stereocenters. The summed E-state index contributed by atoms with van der Waals surface area (Å²) in [6.07, 6.45) is 1.50. The number of carbonyl (C=O) groups excluding carboxylic acids is 1. The Kier molecular flexibility index (Phi) is 9.30. The van der Waals surface area contributed by atoms with Crippen LogP contribution in [-0.2, 0) is 20.2 Å². The maximum Gasteiger partial charge on any atom is 0.262 e. The van der Waals surface area contributed by atoms with E-state index in [1.807, 2.05) is 32.0 Å². The topological polar surface area (TPSA) is 75.7 Å². The summed E-state index contributed by atoms with van der Waals surface area (Å²) >= 11 is 3.50. The quantitative estimate of drug-likeness (QED) is 0.440. The molecule has 0 bridgehead atoms. The van der Waals surface area contributed by atoms with Crippen LogP contribution >= 0.6 is 15.9 Å². The average molecular weight is 526 g/mol. The molecule has 0 radical (unpaired) electrons. The van der Waals surface area contributed by atoms with E-state index in [2.05, 4.69) is 42.0 Å².